The lowest BCUT2D eigenvalue weighted by Gasteiger charge is -2.24. The number of rotatable bonds is 3. The molecule has 0 amide bonds. The van der Waals surface area contributed by atoms with Crippen molar-refractivity contribution in [2.24, 2.45) is 0 Å². The van der Waals surface area contributed by atoms with E-state index in [0.29, 0.717) is 19.1 Å². The largest absolute Gasteiger partial charge is 0.459 e. The molecule has 0 bridgehead atoms. The van der Waals surface area contributed by atoms with Crippen molar-refractivity contribution in [1.29, 1.82) is 0 Å². The SMILES string of the molecule is C=Cc1c(F)c(F)c(OC2CCCCO2)c(F)c1F. The normalized spacial score (nSPS) is 19.3. The molecule has 2 nitrogen and oxygen atoms in total. The quantitative estimate of drug-likeness (QED) is 0.617. The number of halogens is 4. The van der Waals surface area contributed by atoms with Crippen molar-refractivity contribution in [2.45, 2.75) is 25.6 Å². The third kappa shape index (κ3) is 2.58. The molecule has 6 heteroatoms. The van der Waals surface area contributed by atoms with E-state index in [4.69, 9.17) is 9.47 Å². The van der Waals surface area contributed by atoms with Gasteiger partial charge in [-0.2, -0.15) is 8.78 Å². The van der Waals surface area contributed by atoms with Crippen LogP contribution in [0, 0.1) is 23.3 Å². The summed E-state index contributed by atoms with van der Waals surface area (Å²) >= 11 is 0. The monoisotopic (exact) mass is 276 g/mol. The lowest BCUT2D eigenvalue weighted by molar-refractivity contribution is -0.109. The molecule has 1 aliphatic rings. The highest BCUT2D eigenvalue weighted by molar-refractivity contribution is 5.51. The Hall–Kier alpha value is -1.56. The maximum absolute atomic E-state index is 13.6. The maximum Gasteiger partial charge on any atom is 0.204 e. The van der Waals surface area contributed by atoms with Crippen molar-refractivity contribution >= 4 is 6.08 Å². The van der Waals surface area contributed by atoms with E-state index >= 15 is 0 Å². The van der Waals surface area contributed by atoms with E-state index in [1.165, 1.54) is 0 Å². The summed E-state index contributed by atoms with van der Waals surface area (Å²) in [5.41, 5.74) is -0.855. The summed E-state index contributed by atoms with van der Waals surface area (Å²) in [6.45, 7) is 3.48. The van der Waals surface area contributed by atoms with Gasteiger partial charge < -0.3 is 9.47 Å². The van der Waals surface area contributed by atoms with Gasteiger partial charge >= 0.3 is 0 Å². The average molecular weight is 276 g/mol. The van der Waals surface area contributed by atoms with E-state index in [2.05, 4.69) is 6.58 Å². The van der Waals surface area contributed by atoms with Gasteiger partial charge in [-0.05, 0) is 12.8 Å². The molecular formula is C13H12F4O2. The number of hydrogen-bond donors (Lipinski definition) is 0. The second-order valence-electron chi connectivity index (χ2n) is 4.12. The minimum atomic E-state index is -1.58. The van der Waals surface area contributed by atoms with Crippen LogP contribution in [0.5, 0.6) is 5.75 Å². The van der Waals surface area contributed by atoms with Crippen molar-refractivity contribution in [3.8, 4) is 5.75 Å². The summed E-state index contributed by atoms with van der Waals surface area (Å²) in [5.74, 6) is -7.31. The molecule has 1 aliphatic heterocycles. The smallest absolute Gasteiger partial charge is 0.204 e. The molecule has 1 unspecified atom stereocenters. The Morgan fingerprint density at radius 3 is 2.16 bits per heavy atom. The predicted octanol–water partition coefficient (Wildman–Crippen LogP) is 3.79. The lowest BCUT2D eigenvalue weighted by Crippen LogP contribution is -2.26. The molecule has 0 N–H and O–H groups in total. The number of benzene rings is 1. The highest BCUT2D eigenvalue weighted by atomic mass is 19.2. The number of hydrogen-bond acceptors (Lipinski definition) is 2. The zero-order valence-corrected chi connectivity index (χ0v) is 10.0. The zero-order chi connectivity index (χ0) is 14.0. The molecule has 1 fully saturated rings. The second kappa shape index (κ2) is 5.61. The van der Waals surface area contributed by atoms with Gasteiger partial charge in [0.25, 0.3) is 0 Å². The van der Waals surface area contributed by atoms with Gasteiger partial charge in [-0.3, -0.25) is 0 Å². The Kier molecular flexibility index (Phi) is 4.09. The Bertz CT molecular complexity index is 467. The molecular weight excluding hydrogens is 264 g/mol. The molecule has 104 valence electrons. The van der Waals surface area contributed by atoms with Gasteiger partial charge in [-0.25, -0.2) is 8.78 Å². The van der Waals surface area contributed by atoms with Gasteiger partial charge in [0.2, 0.25) is 11.6 Å². The van der Waals surface area contributed by atoms with E-state index in [-0.39, 0.29) is 0 Å². The van der Waals surface area contributed by atoms with Crippen molar-refractivity contribution < 1.29 is 27.0 Å². The molecule has 2 rings (SSSR count). The Balaban J connectivity index is 2.37. The van der Waals surface area contributed by atoms with Gasteiger partial charge in [0, 0.05) is 6.42 Å². The molecule has 0 aliphatic carbocycles. The van der Waals surface area contributed by atoms with Gasteiger partial charge in [0.15, 0.2) is 23.7 Å². The minimum Gasteiger partial charge on any atom is -0.459 e. The first kappa shape index (κ1) is 13.9. The molecule has 1 saturated heterocycles. The summed E-state index contributed by atoms with van der Waals surface area (Å²) in [4.78, 5) is 0. The molecule has 0 radical (unpaired) electrons. The van der Waals surface area contributed by atoms with Gasteiger partial charge in [0.1, 0.15) is 0 Å². The fraction of sp³-hybridized carbons (Fsp3) is 0.385. The molecule has 19 heavy (non-hydrogen) atoms. The van der Waals surface area contributed by atoms with Crippen LogP contribution in [0.25, 0.3) is 6.08 Å². The van der Waals surface area contributed by atoms with Gasteiger partial charge in [0.05, 0.1) is 12.2 Å². The fourth-order valence-electron chi connectivity index (χ4n) is 1.85. The lowest BCUT2D eigenvalue weighted by atomic mass is 10.1. The van der Waals surface area contributed by atoms with E-state index in [1.54, 1.807) is 0 Å². The predicted molar refractivity (Wildman–Crippen MR) is 60.6 cm³/mol. The topological polar surface area (TPSA) is 18.5 Å². The Labute approximate surface area is 107 Å². The molecule has 0 spiro atoms. The maximum atomic E-state index is 13.6. The molecule has 1 atom stereocenters. The van der Waals surface area contributed by atoms with Gasteiger partial charge in [-0.15, -0.1) is 0 Å². The summed E-state index contributed by atoms with van der Waals surface area (Å²) in [6.07, 6.45) is 1.78. The van der Waals surface area contributed by atoms with Crippen LogP contribution in [0.2, 0.25) is 0 Å². The summed E-state index contributed by atoms with van der Waals surface area (Å²) in [7, 11) is 0. The standard InChI is InChI=1S/C13H12F4O2/c1-2-7-9(14)11(16)13(12(17)10(7)15)19-8-5-3-4-6-18-8/h2,8H,1,3-6H2. The van der Waals surface area contributed by atoms with Crippen LogP contribution in [-0.4, -0.2) is 12.9 Å². The Morgan fingerprint density at radius 1 is 1.05 bits per heavy atom. The van der Waals surface area contributed by atoms with Crippen LogP contribution in [0.1, 0.15) is 24.8 Å². The van der Waals surface area contributed by atoms with Crippen molar-refractivity contribution in [2.75, 3.05) is 6.61 Å². The summed E-state index contributed by atoms with van der Waals surface area (Å²) in [5, 5.41) is 0. The zero-order valence-electron chi connectivity index (χ0n) is 10.0. The van der Waals surface area contributed by atoms with Crippen LogP contribution in [0.3, 0.4) is 0 Å². The fourth-order valence-corrected chi connectivity index (χ4v) is 1.85. The molecule has 1 aromatic carbocycles. The van der Waals surface area contributed by atoms with Crippen molar-refractivity contribution in [1.82, 2.24) is 0 Å². The van der Waals surface area contributed by atoms with Crippen molar-refractivity contribution in [3.63, 3.8) is 0 Å². The second-order valence-corrected chi connectivity index (χ2v) is 4.12. The molecule has 1 heterocycles. The van der Waals surface area contributed by atoms with Crippen LogP contribution in [0.15, 0.2) is 6.58 Å². The molecule has 1 aromatic rings. The van der Waals surface area contributed by atoms with Crippen LogP contribution in [-0.2, 0) is 4.74 Å². The molecule has 0 saturated carbocycles. The summed E-state index contributed by atoms with van der Waals surface area (Å²) in [6, 6.07) is 0. The molecule has 0 aromatic heterocycles. The third-order valence-electron chi connectivity index (χ3n) is 2.85. The first-order valence-corrected chi connectivity index (χ1v) is 5.83. The summed E-state index contributed by atoms with van der Waals surface area (Å²) < 4.78 is 64.2. The Morgan fingerprint density at radius 2 is 1.68 bits per heavy atom. The minimum absolute atomic E-state index is 0.379. The van der Waals surface area contributed by atoms with E-state index in [0.717, 1.165) is 12.8 Å². The van der Waals surface area contributed by atoms with Crippen LogP contribution >= 0.6 is 0 Å². The average Bonchev–Trinajstić information content (AvgIpc) is 2.43. The first-order valence-electron chi connectivity index (χ1n) is 5.83. The highest BCUT2D eigenvalue weighted by Crippen LogP contribution is 2.32. The van der Waals surface area contributed by atoms with E-state index < -0.39 is 40.9 Å². The highest BCUT2D eigenvalue weighted by Gasteiger charge is 2.28. The van der Waals surface area contributed by atoms with Crippen LogP contribution in [0.4, 0.5) is 17.6 Å². The van der Waals surface area contributed by atoms with Crippen molar-refractivity contribution in [3.05, 3.63) is 35.4 Å². The third-order valence-corrected chi connectivity index (χ3v) is 2.85. The van der Waals surface area contributed by atoms with E-state index in [1.807, 2.05) is 0 Å². The first-order chi connectivity index (χ1) is 9.06. The number of ether oxygens (including phenoxy) is 2. The van der Waals surface area contributed by atoms with Crippen LogP contribution < -0.4 is 4.74 Å². The van der Waals surface area contributed by atoms with Gasteiger partial charge in [-0.1, -0.05) is 12.7 Å². The van der Waals surface area contributed by atoms with E-state index in [9.17, 15) is 17.6 Å².